The van der Waals surface area contributed by atoms with Crippen LogP contribution in [0.1, 0.15) is 20.3 Å². The summed E-state index contributed by atoms with van der Waals surface area (Å²) in [4.78, 5) is 13.5. The van der Waals surface area contributed by atoms with E-state index in [1.165, 1.54) is 0 Å². The third-order valence-corrected chi connectivity index (χ3v) is 2.95. The molecular weight excluding hydrogens is 275 g/mol. The molecule has 1 aromatic heterocycles. The molecule has 7 heteroatoms. The molecule has 0 saturated carbocycles. The summed E-state index contributed by atoms with van der Waals surface area (Å²) in [6.07, 6.45) is 0.401. The van der Waals surface area contributed by atoms with Gasteiger partial charge in [0.1, 0.15) is 0 Å². The van der Waals surface area contributed by atoms with Crippen molar-refractivity contribution < 1.29 is 4.79 Å². The molecule has 100 valence electrons. The van der Waals surface area contributed by atoms with Crippen LogP contribution in [-0.4, -0.2) is 40.6 Å². The van der Waals surface area contributed by atoms with E-state index in [1.54, 1.807) is 11.0 Å². The predicted octanol–water partition coefficient (Wildman–Crippen LogP) is 2.45. The van der Waals surface area contributed by atoms with E-state index in [0.717, 1.165) is 13.1 Å². The van der Waals surface area contributed by atoms with E-state index in [4.69, 9.17) is 23.2 Å². The fraction of sp³-hybridized carbons (Fsp3) is 0.545. The first-order valence-electron chi connectivity index (χ1n) is 5.78. The molecule has 0 atom stereocenters. The summed E-state index contributed by atoms with van der Waals surface area (Å²) in [7, 11) is 0. The number of hydrogen-bond acceptors (Lipinski definition) is 4. The third kappa shape index (κ3) is 4.31. The zero-order valence-corrected chi connectivity index (χ0v) is 11.9. The molecule has 0 aliphatic rings. The van der Waals surface area contributed by atoms with Crippen LogP contribution in [0.2, 0.25) is 10.3 Å². The van der Waals surface area contributed by atoms with Crippen molar-refractivity contribution in [2.45, 2.75) is 20.3 Å². The van der Waals surface area contributed by atoms with Crippen LogP contribution in [0.3, 0.4) is 0 Å². The number of nitrogens with one attached hydrogen (secondary N) is 1. The quantitative estimate of drug-likeness (QED) is 0.874. The van der Waals surface area contributed by atoms with Gasteiger partial charge in [-0.1, -0.05) is 23.2 Å². The maximum absolute atomic E-state index is 11.7. The Hall–Kier alpha value is -1.07. The number of amides is 1. The molecule has 5 nitrogen and oxygen atoms in total. The van der Waals surface area contributed by atoms with Gasteiger partial charge in [0.05, 0.1) is 5.69 Å². The number of rotatable bonds is 6. The molecule has 1 N–H and O–H groups in total. The van der Waals surface area contributed by atoms with Crippen LogP contribution in [0.4, 0.5) is 5.69 Å². The Balaban J connectivity index is 2.46. The van der Waals surface area contributed by atoms with E-state index in [1.807, 2.05) is 13.8 Å². The number of carbonyl (C=O) groups is 1. The second kappa shape index (κ2) is 7.38. The summed E-state index contributed by atoms with van der Waals surface area (Å²) in [5, 5.41) is 10.8. The number of nitrogens with zero attached hydrogens (tertiary/aromatic N) is 3. The minimum atomic E-state index is 0.108. The minimum Gasteiger partial charge on any atom is -0.382 e. The van der Waals surface area contributed by atoms with Crippen molar-refractivity contribution in [3.63, 3.8) is 0 Å². The van der Waals surface area contributed by atoms with Crippen LogP contribution in [0.25, 0.3) is 0 Å². The fourth-order valence-corrected chi connectivity index (χ4v) is 1.82. The monoisotopic (exact) mass is 290 g/mol. The van der Waals surface area contributed by atoms with Gasteiger partial charge in [0.25, 0.3) is 0 Å². The van der Waals surface area contributed by atoms with Crippen molar-refractivity contribution in [3.05, 3.63) is 16.4 Å². The van der Waals surface area contributed by atoms with Crippen LogP contribution in [0.5, 0.6) is 0 Å². The second-order valence-corrected chi connectivity index (χ2v) is 4.36. The molecule has 1 rings (SSSR count). The molecule has 0 aliphatic heterocycles. The lowest BCUT2D eigenvalue weighted by Gasteiger charge is -2.18. The van der Waals surface area contributed by atoms with Gasteiger partial charge < -0.3 is 10.2 Å². The number of anilines is 1. The molecule has 0 aromatic carbocycles. The van der Waals surface area contributed by atoms with Crippen molar-refractivity contribution in [1.29, 1.82) is 0 Å². The van der Waals surface area contributed by atoms with Crippen LogP contribution in [-0.2, 0) is 4.79 Å². The molecule has 0 bridgehead atoms. The molecular formula is C11H16Cl2N4O. The first kappa shape index (κ1) is 15.0. The standard InChI is InChI=1S/C11H16Cl2N4O/c1-3-17(4-2)10(18)5-6-14-8-7-9(12)15-16-11(8)13/h7H,3-6H2,1-2H3,(H,14,15). The smallest absolute Gasteiger partial charge is 0.224 e. The number of carbonyl (C=O) groups excluding carboxylic acids is 1. The van der Waals surface area contributed by atoms with Crippen LogP contribution in [0.15, 0.2) is 6.07 Å². The van der Waals surface area contributed by atoms with Gasteiger partial charge in [-0.25, -0.2) is 0 Å². The predicted molar refractivity (Wildman–Crippen MR) is 73.1 cm³/mol. The summed E-state index contributed by atoms with van der Waals surface area (Å²) in [5.41, 5.74) is 0.587. The SMILES string of the molecule is CCN(CC)C(=O)CCNc1cc(Cl)nnc1Cl. The normalized spacial score (nSPS) is 10.2. The Bertz CT molecular complexity index is 410. The third-order valence-electron chi connectivity index (χ3n) is 2.49. The summed E-state index contributed by atoms with van der Waals surface area (Å²) in [6.45, 7) is 5.84. The molecule has 1 heterocycles. The molecule has 1 aromatic rings. The Morgan fingerprint density at radius 3 is 2.61 bits per heavy atom. The summed E-state index contributed by atoms with van der Waals surface area (Å²) >= 11 is 11.5. The fourth-order valence-electron chi connectivity index (χ4n) is 1.52. The van der Waals surface area contributed by atoms with E-state index in [-0.39, 0.29) is 16.2 Å². The van der Waals surface area contributed by atoms with Gasteiger partial charge in [-0.3, -0.25) is 4.79 Å². The van der Waals surface area contributed by atoms with E-state index in [0.29, 0.717) is 18.7 Å². The molecule has 0 unspecified atom stereocenters. The van der Waals surface area contributed by atoms with Gasteiger partial charge in [0, 0.05) is 32.1 Å². The zero-order chi connectivity index (χ0) is 13.5. The Kier molecular flexibility index (Phi) is 6.15. The average molecular weight is 291 g/mol. The van der Waals surface area contributed by atoms with Gasteiger partial charge in [-0.15, -0.1) is 10.2 Å². The second-order valence-electron chi connectivity index (χ2n) is 3.61. The highest BCUT2D eigenvalue weighted by molar-refractivity contribution is 6.33. The van der Waals surface area contributed by atoms with Crippen LogP contribution < -0.4 is 5.32 Å². The lowest BCUT2D eigenvalue weighted by Crippen LogP contribution is -2.31. The topological polar surface area (TPSA) is 58.1 Å². The van der Waals surface area contributed by atoms with Gasteiger partial charge >= 0.3 is 0 Å². The first-order valence-corrected chi connectivity index (χ1v) is 6.54. The molecule has 0 aliphatic carbocycles. The molecule has 0 spiro atoms. The molecule has 18 heavy (non-hydrogen) atoms. The molecule has 0 radical (unpaired) electrons. The largest absolute Gasteiger partial charge is 0.382 e. The average Bonchev–Trinajstić information content (AvgIpc) is 2.35. The van der Waals surface area contributed by atoms with Crippen molar-refractivity contribution in [1.82, 2.24) is 15.1 Å². The number of hydrogen-bond donors (Lipinski definition) is 1. The maximum Gasteiger partial charge on any atom is 0.224 e. The molecule has 0 saturated heterocycles. The van der Waals surface area contributed by atoms with Gasteiger partial charge in [-0.2, -0.15) is 0 Å². The van der Waals surface area contributed by atoms with Gasteiger partial charge in [0.2, 0.25) is 5.91 Å². The van der Waals surface area contributed by atoms with E-state index < -0.39 is 0 Å². The van der Waals surface area contributed by atoms with Crippen molar-refractivity contribution in [2.24, 2.45) is 0 Å². The Labute approximate surface area is 116 Å². The van der Waals surface area contributed by atoms with E-state index in [9.17, 15) is 4.79 Å². The summed E-state index contributed by atoms with van der Waals surface area (Å²) in [5.74, 6) is 0.108. The van der Waals surface area contributed by atoms with Crippen molar-refractivity contribution in [2.75, 3.05) is 25.0 Å². The summed E-state index contributed by atoms with van der Waals surface area (Å²) in [6, 6.07) is 1.58. The zero-order valence-electron chi connectivity index (χ0n) is 10.4. The Morgan fingerprint density at radius 2 is 2.00 bits per heavy atom. The minimum absolute atomic E-state index is 0.108. The van der Waals surface area contributed by atoms with Gasteiger partial charge in [0.15, 0.2) is 10.3 Å². The maximum atomic E-state index is 11.7. The van der Waals surface area contributed by atoms with Crippen molar-refractivity contribution >= 4 is 34.8 Å². The van der Waals surface area contributed by atoms with Crippen LogP contribution >= 0.6 is 23.2 Å². The van der Waals surface area contributed by atoms with E-state index >= 15 is 0 Å². The lowest BCUT2D eigenvalue weighted by atomic mass is 10.3. The van der Waals surface area contributed by atoms with Crippen molar-refractivity contribution in [3.8, 4) is 0 Å². The molecule has 0 fully saturated rings. The highest BCUT2D eigenvalue weighted by Gasteiger charge is 2.09. The number of aromatic nitrogens is 2. The highest BCUT2D eigenvalue weighted by atomic mass is 35.5. The van der Waals surface area contributed by atoms with E-state index in [2.05, 4.69) is 15.5 Å². The number of halogens is 2. The highest BCUT2D eigenvalue weighted by Crippen LogP contribution is 2.20. The van der Waals surface area contributed by atoms with Gasteiger partial charge in [-0.05, 0) is 13.8 Å². The summed E-state index contributed by atoms with van der Waals surface area (Å²) < 4.78 is 0. The van der Waals surface area contributed by atoms with Crippen LogP contribution in [0, 0.1) is 0 Å². The Morgan fingerprint density at radius 1 is 1.33 bits per heavy atom. The molecule has 1 amide bonds. The lowest BCUT2D eigenvalue weighted by molar-refractivity contribution is -0.130. The first-order chi connectivity index (χ1) is 8.58.